The maximum Gasteiger partial charge on any atom is 0.148 e. The second-order valence-corrected chi connectivity index (χ2v) is 6.25. The lowest BCUT2D eigenvalue weighted by molar-refractivity contribution is 0.0322. The van der Waals surface area contributed by atoms with Crippen LogP contribution in [0.15, 0.2) is 30.5 Å². The summed E-state index contributed by atoms with van der Waals surface area (Å²) >= 11 is 0. The highest BCUT2D eigenvalue weighted by atomic mass is 16.5. The Bertz CT molecular complexity index is 687. The number of morpholine rings is 1. The van der Waals surface area contributed by atoms with Crippen molar-refractivity contribution in [1.82, 2.24) is 14.9 Å². The molecule has 0 unspecified atom stereocenters. The van der Waals surface area contributed by atoms with Crippen molar-refractivity contribution in [2.45, 2.75) is 20.4 Å². The summed E-state index contributed by atoms with van der Waals surface area (Å²) in [5.74, 6) is 1.73. The molecule has 0 spiro atoms. The number of nitrogens with one attached hydrogen (secondary N) is 1. The molecule has 6 heteroatoms. The molecule has 6 nitrogen and oxygen atoms in total. The Labute approximate surface area is 149 Å². The predicted molar refractivity (Wildman–Crippen MR) is 98.0 cm³/mol. The van der Waals surface area contributed by atoms with Crippen LogP contribution in [0.2, 0.25) is 0 Å². The van der Waals surface area contributed by atoms with E-state index in [-0.39, 0.29) is 0 Å². The van der Waals surface area contributed by atoms with E-state index < -0.39 is 0 Å². The zero-order chi connectivity index (χ0) is 17.5. The van der Waals surface area contributed by atoms with E-state index in [4.69, 9.17) is 9.47 Å². The maximum atomic E-state index is 5.91. The first kappa shape index (κ1) is 17.6. The summed E-state index contributed by atoms with van der Waals surface area (Å²) < 4.78 is 11.3. The first-order valence-corrected chi connectivity index (χ1v) is 8.77. The minimum Gasteiger partial charge on any atom is -0.492 e. The second kappa shape index (κ2) is 8.78. The summed E-state index contributed by atoms with van der Waals surface area (Å²) in [5.41, 5.74) is 2.98. The van der Waals surface area contributed by atoms with E-state index in [1.807, 2.05) is 26.0 Å². The molecule has 0 atom stereocenters. The average Bonchev–Trinajstić information content (AvgIpc) is 2.64. The topological polar surface area (TPSA) is 59.5 Å². The lowest BCUT2D eigenvalue weighted by atomic mass is 10.2. The van der Waals surface area contributed by atoms with Gasteiger partial charge in [0.15, 0.2) is 0 Å². The highest BCUT2D eigenvalue weighted by molar-refractivity contribution is 5.41. The Morgan fingerprint density at radius 3 is 2.92 bits per heavy atom. The van der Waals surface area contributed by atoms with Crippen LogP contribution in [0.4, 0.5) is 5.82 Å². The van der Waals surface area contributed by atoms with Crippen molar-refractivity contribution in [2.24, 2.45) is 0 Å². The molecule has 3 rings (SSSR count). The first-order chi connectivity index (χ1) is 12.2. The summed E-state index contributed by atoms with van der Waals surface area (Å²) in [6.07, 6.45) is 1.78. The molecule has 134 valence electrons. The molecule has 0 aliphatic carbocycles. The van der Waals surface area contributed by atoms with E-state index in [1.54, 1.807) is 6.20 Å². The van der Waals surface area contributed by atoms with E-state index >= 15 is 0 Å². The highest BCUT2D eigenvalue weighted by Gasteiger charge is 2.09. The van der Waals surface area contributed by atoms with Gasteiger partial charge in [-0.15, -0.1) is 0 Å². The fourth-order valence-corrected chi connectivity index (χ4v) is 2.75. The zero-order valence-electron chi connectivity index (χ0n) is 15.0. The molecular formula is C19H26N4O2. The van der Waals surface area contributed by atoms with Gasteiger partial charge in [-0.1, -0.05) is 12.1 Å². The van der Waals surface area contributed by atoms with Crippen molar-refractivity contribution < 1.29 is 9.47 Å². The minimum absolute atomic E-state index is 0.694. The third-order valence-corrected chi connectivity index (χ3v) is 4.21. The molecule has 2 aromatic rings. The van der Waals surface area contributed by atoms with Crippen LogP contribution >= 0.6 is 0 Å². The highest BCUT2D eigenvalue weighted by Crippen LogP contribution is 2.16. The largest absolute Gasteiger partial charge is 0.492 e. The van der Waals surface area contributed by atoms with Gasteiger partial charge in [-0.25, -0.2) is 4.98 Å². The van der Waals surface area contributed by atoms with E-state index in [9.17, 15) is 0 Å². The van der Waals surface area contributed by atoms with Crippen LogP contribution in [-0.2, 0) is 11.3 Å². The van der Waals surface area contributed by atoms with Gasteiger partial charge in [0.05, 0.1) is 24.6 Å². The van der Waals surface area contributed by atoms with Gasteiger partial charge in [0.1, 0.15) is 18.2 Å². The molecule has 0 radical (unpaired) electrons. The molecule has 0 bridgehead atoms. The maximum absolute atomic E-state index is 5.91. The van der Waals surface area contributed by atoms with Crippen molar-refractivity contribution in [3.63, 3.8) is 0 Å². The normalized spacial score (nSPS) is 15.1. The van der Waals surface area contributed by atoms with Crippen molar-refractivity contribution >= 4 is 5.82 Å². The van der Waals surface area contributed by atoms with E-state index in [0.717, 1.165) is 61.4 Å². The molecular weight excluding hydrogens is 316 g/mol. The Kier molecular flexibility index (Phi) is 6.19. The molecule has 2 heterocycles. The standard InChI is InChI=1S/C19H26N4O2/c1-15-13-20-16(2)19(22-15)21-14-17-4-3-5-18(12-17)25-11-8-23-6-9-24-10-7-23/h3-5,12-13H,6-11,14H2,1-2H3,(H,21,22). The van der Waals surface area contributed by atoms with E-state index in [1.165, 1.54) is 0 Å². The molecule has 25 heavy (non-hydrogen) atoms. The van der Waals surface area contributed by atoms with Crippen LogP contribution in [-0.4, -0.2) is 54.3 Å². The fourth-order valence-electron chi connectivity index (χ4n) is 2.75. The van der Waals surface area contributed by atoms with Gasteiger partial charge in [-0.3, -0.25) is 9.88 Å². The molecule has 1 saturated heterocycles. The van der Waals surface area contributed by atoms with E-state index in [2.05, 4.69) is 32.3 Å². The number of nitrogens with zero attached hydrogens (tertiary/aromatic N) is 3. The van der Waals surface area contributed by atoms with Gasteiger partial charge < -0.3 is 14.8 Å². The smallest absolute Gasteiger partial charge is 0.148 e. The lowest BCUT2D eigenvalue weighted by Crippen LogP contribution is -2.38. The van der Waals surface area contributed by atoms with Crippen molar-refractivity contribution in [1.29, 1.82) is 0 Å². The quantitative estimate of drug-likeness (QED) is 0.834. The minimum atomic E-state index is 0.694. The summed E-state index contributed by atoms with van der Waals surface area (Å²) in [7, 11) is 0. The van der Waals surface area contributed by atoms with Gasteiger partial charge in [0.25, 0.3) is 0 Å². The molecule has 0 saturated carbocycles. The molecule has 1 aromatic heterocycles. The summed E-state index contributed by atoms with van der Waals surface area (Å²) in [6, 6.07) is 8.18. The summed E-state index contributed by atoms with van der Waals surface area (Å²) in [5, 5.41) is 3.35. The molecule has 1 fully saturated rings. The number of hydrogen-bond acceptors (Lipinski definition) is 6. The van der Waals surface area contributed by atoms with Crippen LogP contribution in [0.25, 0.3) is 0 Å². The molecule has 1 N–H and O–H groups in total. The Morgan fingerprint density at radius 2 is 2.08 bits per heavy atom. The van der Waals surface area contributed by atoms with Crippen LogP contribution in [0.5, 0.6) is 5.75 Å². The molecule has 1 aromatic carbocycles. The van der Waals surface area contributed by atoms with Crippen molar-refractivity contribution in [2.75, 3.05) is 44.8 Å². The Balaban J connectivity index is 1.49. The van der Waals surface area contributed by atoms with Gasteiger partial charge in [0.2, 0.25) is 0 Å². The summed E-state index contributed by atoms with van der Waals surface area (Å²) in [4.78, 5) is 11.2. The number of aryl methyl sites for hydroxylation is 2. The average molecular weight is 342 g/mol. The molecule has 1 aliphatic heterocycles. The Hall–Kier alpha value is -2.18. The zero-order valence-corrected chi connectivity index (χ0v) is 15.0. The first-order valence-electron chi connectivity index (χ1n) is 8.77. The van der Waals surface area contributed by atoms with Crippen molar-refractivity contribution in [3.8, 4) is 5.75 Å². The SMILES string of the molecule is Cc1cnc(C)c(NCc2cccc(OCCN3CCOCC3)c2)n1. The number of aromatic nitrogens is 2. The van der Waals surface area contributed by atoms with Gasteiger partial charge in [-0.05, 0) is 31.5 Å². The Morgan fingerprint density at radius 1 is 1.24 bits per heavy atom. The number of rotatable bonds is 7. The van der Waals surface area contributed by atoms with Crippen molar-refractivity contribution in [3.05, 3.63) is 47.4 Å². The number of anilines is 1. The van der Waals surface area contributed by atoms with E-state index in [0.29, 0.717) is 13.2 Å². The van der Waals surface area contributed by atoms with Crippen LogP contribution < -0.4 is 10.1 Å². The number of ether oxygens (including phenoxy) is 2. The van der Waals surface area contributed by atoms with Crippen LogP contribution in [0, 0.1) is 13.8 Å². The van der Waals surface area contributed by atoms with Gasteiger partial charge in [0, 0.05) is 32.4 Å². The van der Waals surface area contributed by atoms with Gasteiger partial charge >= 0.3 is 0 Å². The van der Waals surface area contributed by atoms with Gasteiger partial charge in [-0.2, -0.15) is 0 Å². The van der Waals surface area contributed by atoms with Crippen LogP contribution in [0.1, 0.15) is 17.0 Å². The summed E-state index contributed by atoms with van der Waals surface area (Å²) in [6.45, 7) is 9.85. The lowest BCUT2D eigenvalue weighted by Gasteiger charge is -2.26. The van der Waals surface area contributed by atoms with Crippen LogP contribution in [0.3, 0.4) is 0 Å². The third kappa shape index (κ3) is 5.41. The monoisotopic (exact) mass is 342 g/mol. The number of benzene rings is 1. The predicted octanol–water partition coefficient (Wildman–Crippen LogP) is 2.42. The second-order valence-electron chi connectivity index (χ2n) is 6.25. The third-order valence-electron chi connectivity index (χ3n) is 4.21. The number of hydrogen-bond donors (Lipinski definition) is 1. The fraction of sp³-hybridized carbons (Fsp3) is 0.474. The molecule has 1 aliphatic rings. The molecule has 0 amide bonds.